The Kier molecular flexibility index (Phi) is 27.5. The van der Waals surface area contributed by atoms with E-state index in [0.717, 1.165) is 0 Å². The van der Waals surface area contributed by atoms with Crippen LogP contribution in [0.3, 0.4) is 0 Å². The first kappa shape index (κ1) is 32.6. The number of hydrogen-bond acceptors (Lipinski definition) is 10. The number of nitrogens with two attached hydrogens (primary N) is 2. The zero-order valence-electron chi connectivity index (χ0n) is 10.4. The van der Waals surface area contributed by atoms with Crippen molar-refractivity contribution in [1.29, 1.82) is 0 Å². The maximum atomic E-state index is 9.66. The summed E-state index contributed by atoms with van der Waals surface area (Å²) in [6, 6.07) is 0. The van der Waals surface area contributed by atoms with Crippen molar-refractivity contribution in [3.05, 3.63) is 32.5 Å². The minimum Gasteiger partial charge on any atom is -0.693 e. The number of nitrogens with zero attached hydrogens (tertiary/aromatic N) is 10. The number of nitro groups is 2. The van der Waals surface area contributed by atoms with Crippen LogP contribution in [0.25, 0.3) is 12.3 Å². The van der Waals surface area contributed by atoms with E-state index < -0.39 is 21.7 Å². The molecule has 106 valence electrons. The van der Waals surface area contributed by atoms with Crippen molar-refractivity contribution in [1.82, 2.24) is 41.2 Å². The molecule has 2 aromatic rings. The average molecular weight is 862 g/mol. The fourth-order valence-electron chi connectivity index (χ4n) is 0.426. The van der Waals surface area contributed by atoms with Crippen molar-refractivity contribution in [3.63, 3.8) is 0 Å². The molecular weight excluding hydrogens is 858 g/mol. The first-order valence-electron chi connectivity index (χ1n) is 3.27. The molecule has 0 spiro atoms. The Morgan fingerprint density at radius 2 is 1.05 bits per heavy atom. The van der Waals surface area contributed by atoms with E-state index >= 15 is 0 Å². The molecule has 0 amide bonds. The predicted octanol–water partition coefficient (Wildman–Crippen LogP) is -1.10. The molecule has 0 bridgehead atoms. The Labute approximate surface area is 177 Å². The van der Waals surface area contributed by atoms with E-state index in [-0.39, 0.29) is 95.3 Å². The quantitative estimate of drug-likeness (QED) is 0.198. The van der Waals surface area contributed by atoms with Gasteiger partial charge in [0.05, 0.1) is 0 Å². The second-order valence-corrected chi connectivity index (χ2v) is 1.87. The molecule has 0 unspecified atom stereocenters. The van der Waals surface area contributed by atoms with Crippen molar-refractivity contribution in [3.8, 4) is 0 Å². The summed E-state index contributed by atoms with van der Waals surface area (Å²) in [5.74, 6) is -1.13. The average Bonchev–Trinajstić information content (AvgIpc) is 2.93. The molecule has 2 aromatic heterocycles. The number of aromatic nitrogens is 8. The first-order chi connectivity index (χ1) is 7.61. The topological polar surface area (TPSA) is 259 Å². The molecule has 21 heavy (non-hydrogen) atoms. The van der Waals surface area contributed by atoms with Gasteiger partial charge in [-0.15, -0.1) is 0 Å². The monoisotopic (exact) mass is 866 g/mol. The van der Waals surface area contributed by atoms with E-state index in [9.17, 15) is 20.2 Å². The minimum absolute atomic E-state index is 0. The van der Waals surface area contributed by atoms with E-state index in [1.807, 2.05) is 0 Å². The Hall–Kier alpha value is -0.335. The molecule has 0 saturated carbocycles. The molecule has 0 aromatic carbocycles. The SMILES string of the molecule is O=[N+]([O-])c1nnn[n-]1.O=[N+]([O-])c1nnn[n-]1.[Hg].[Hg].[Hg].[NH2-].[NH2-]. The molecule has 2 heterocycles. The zero-order valence-corrected chi connectivity index (χ0v) is 26.9. The van der Waals surface area contributed by atoms with Gasteiger partial charge in [0.2, 0.25) is 0 Å². The summed E-state index contributed by atoms with van der Waals surface area (Å²) < 4.78 is 0. The number of rotatable bonds is 2. The fraction of sp³-hybridized carbons (Fsp3) is 0. The van der Waals surface area contributed by atoms with Crippen LogP contribution in [0.2, 0.25) is 0 Å². The van der Waals surface area contributed by atoms with E-state index in [4.69, 9.17) is 0 Å². The van der Waals surface area contributed by atoms with Crippen LogP contribution in [0.15, 0.2) is 0 Å². The van der Waals surface area contributed by atoms with Crippen LogP contribution in [-0.2, 0) is 83.0 Å². The smallest absolute Gasteiger partial charge is 0.296 e. The van der Waals surface area contributed by atoms with Gasteiger partial charge in [0.25, 0.3) is 11.9 Å². The molecule has 0 aliphatic heterocycles. The van der Waals surface area contributed by atoms with E-state index in [0.29, 0.717) is 0 Å². The van der Waals surface area contributed by atoms with Crippen LogP contribution >= 0.6 is 0 Å². The van der Waals surface area contributed by atoms with Crippen molar-refractivity contribution in [2.75, 3.05) is 0 Å². The van der Waals surface area contributed by atoms with Gasteiger partial charge in [-0.1, -0.05) is 20.4 Å². The van der Waals surface area contributed by atoms with Crippen molar-refractivity contribution in [2.45, 2.75) is 0 Å². The normalized spacial score (nSPS) is 6.86. The second kappa shape index (κ2) is 17.7. The van der Waals surface area contributed by atoms with Crippen molar-refractivity contribution < 1.29 is 92.9 Å². The van der Waals surface area contributed by atoms with Gasteiger partial charge in [-0.05, 0) is 20.9 Å². The predicted molar refractivity (Wildman–Crippen MR) is 50.2 cm³/mol. The molecule has 19 heteroatoms. The third kappa shape index (κ3) is 13.1. The standard InChI is InChI=1S/2CN5O2.3Hg.2H2N/c2*7-6(8)1-2-4-5-3-1;;;;;/h;;;;;2*1H2/q2*-1;;;;2*-1. The molecule has 4 N–H and O–H groups in total. The molecule has 0 saturated heterocycles. The molecule has 0 aliphatic rings. The molecule has 2 rings (SSSR count). The minimum atomic E-state index is -0.764. The first-order valence-corrected chi connectivity index (χ1v) is 3.27. The zero-order chi connectivity index (χ0) is 12.0. The Balaban J connectivity index is -0.0000000656. The summed E-state index contributed by atoms with van der Waals surface area (Å²) >= 11 is 0. The van der Waals surface area contributed by atoms with Crippen LogP contribution in [0.1, 0.15) is 0 Å². The van der Waals surface area contributed by atoms with Gasteiger partial charge in [0, 0.05) is 83.0 Å². The number of tetrazole rings is 2. The third-order valence-electron chi connectivity index (χ3n) is 0.943. The molecule has 16 nitrogen and oxygen atoms in total. The summed E-state index contributed by atoms with van der Waals surface area (Å²) in [7, 11) is 0. The summed E-state index contributed by atoms with van der Waals surface area (Å²) in [5.41, 5.74) is 0. The van der Waals surface area contributed by atoms with Crippen molar-refractivity contribution >= 4 is 11.9 Å². The van der Waals surface area contributed by atoms with Crippen LogP contribution in [-0.4, -0.2) is 40.9 Å². The van der Waals surface area contributed by atoms with Crippen molar-refractivity contribution in [2.24, 2.45) is 0 Å². The van der Waals surface area contributed by atoms with Crippen LogP contribution in [0.4, 0.5) is 11.9 Å². The van der Waals surface area contributed by atoms with Gasteiger partial charge < -0.3 is 32.5 Å². The Morgan fingerprint density at radius 1 is 0.762 bits per heavy atom. The Morgan fingerprint density at radius 3 is 1.14 bits per heavy atom. The number of hydrogen-bond donors (Lipinski definition) is 0. The van der Waals surface area contributed by atoms with Gasteiger partial charge in [0.1, 0.15) is 0 Å². The second-order valence-electron chi connectivity index (χ2n) is 1.87. The van der Waals surface area contributed by atoms with Gasteiger partial charge in [-0.3, -0.25) is 0 Å². The molecule has 0 fully saturated rings. The molecule has 0 radical (unpaired) electrons. The van der Waals surface area contributed by atoms with Crippen LogP contribution < -0.4 is 10.2 Å². The Bertz CT molecular complexity index is 415. The summed E-state index contributed by atoms with van der Waals surface area (Å²) in [5, 5.41) is 42.7. The fourth-order valence-corrected chi connectivity index (χ4v) is 0.426. The summed E-state index contributed by atoms with van der Waals surface area (Å²) in [4.78, 5) is 17.8. The maximum Gasteiger partial charge on any atom is 0.296 e. The van der Waals surface area contributed by atoms with Gasteiger partial charge in [0.15, 0.2) is 0 Å². The molecule has 0 aliphatic carbocycles. The largest absolute Gasteiger partial charge is 0.693 e. The van der Waals surface area contributed by atoms with Gasteiger partial charge in [-0.2, -0.15) is 9.85 Å². The van der Waals surface area contributed by atoms with E-state index in [2.05, 4.69) is 41.2 Å². The van der Waals surface area contributed by atoms with Crippen LogP contribution in [0.5, 0.6) is 0 Å². The van der Waals surface area contributed by atoms with E-state index in [1.54, 1.807) is 0 Å². The molecule has 0 atom stereocenters. The summed E-state index contributed by atoms with van der Waals surface area (Å²) in [6.07, 6.45) is 0. The van der Waals surface area contributed by atoms with Gasteiger partial charge >= 0.3 is 0 Å². The molecular formula is C2H4Hg3N12O4-4. The van der Waals surface area contributed by atoms with Gasteiger partial charge in [-0.25, -0.2) is 0 Å². The summed E-state index contributed by atoms with van der Waals surface area (Å²) in [6.45, 7) is 0. The third-order valence-corrected chi connectivity index (χ3v) is 0.943. The van der Waals surface area contributed by atoms with Crippen LogP contribution in [0, 0.1) is 20.2 Å². The van der Waals surface area contributed by atoms with E-state index in [1.165, 1.54) is 0 Å². The maximum absolute atomic E-state index is 9.66.